The van der Waals surface area contributed by atoms with E-state index in [0.29, 0.717) is 34.4 Å². The number of benzene rings is 2. The number of rotatable bonds is 7. The van der Waals surface area contributed by atoms with Gasteiger partial charge in [0.15, 0.2) is 0 Å². The van der Waals surface area contributed by atoms with E-state index in [2.05, 4.69) is 0 Å². The van der Waals surface area contributed by atoms with Crippen LogP contribution >= 0.6 is 0 Å². The number of methoxy groups -OCH3 is 1. The molecule has 44 heavy (non-hydrogen) atoms. The summed E-state index contributed by atoms with van der Waals surface area (Å²) < 4.78 is 133. The summed E-state index contributed by atoms with van der Waals surface area (Å²) in [7, 11) is -2.36. The van der Waals surface area contributed by atoms with Gasteiger partial charge in [-0.25, -0.2) is 17.6 Å². The van der Waals surface area contributed by atoms with E-state index in [-0.39, 0.29) is 43.8 Å². The van der Waals surface area contributed by atoms with Crippen LogP contribution in [0.25, 0.3) is 5.57 Å². The van der Waals surface area contributed by atoms with E-state index in [9.17, 15) is 43.9 Å². The lowest BCUT2D eigenvalue weighted by atomic mass is 9.89. The maximum absolute atomic E-state index is 14.8. The highest BCUT2D eigenvalue weighted by Gasteiger charge is 2.44. The minimum Gasteiger partial charge on any atom is -0.496 e. The zero-order valence-corrected chi connectivity index (χ0v) is 25.3. The molecule has 2 aliphatic heterocycles. The Morgan fingerprint density at radius 1 is 1.02 bits per heavy atom. The number of cyclic esters (lactones) is 1. The molecule has 7 nitrogen and oxygen atoms in total. The molecule has 0 N–H and O–H groups in total. The molecule has 2 heterocycles. The minimum atomic E-state index is -5.10. The second-order valence-corrected chi connectivity index (χ2v) is 13.2. The first-order chi connectivity index (χ1) is 20.2. The number of carbonyl (C=O) groups is 1. The molecule has 0 radical (unpaired) electrons. The summed E-state index contributed by atoms with van der Waals surface area (Å²) in [6.07, 6.45) is -11.5. The van der Waals surface area contributed by atoms with Crippen LogP contribution in [0.3, 0.4) is 0 Å². The standard InChI is InChI=1S/C29H31F7N2O5S/c1-15(2)22-11-23(25(42-4)12-24(22)30)21-6-7-37(44(5,40)41)13-18(21)14-38-16(3)26(43-27(38)39)17-8-19(28(31,32)33)10-20(9-17)29(34,35)36/h8-12,15-16,26H,6-7,13-14H2,1-5H3/t16-,26-/m0/s1. The van der Waals surface area contributed by atoms with Crippen molar-refractivity contribution in [2.75, 3.05) is 33.0 Å². The number of ether oxygens (including phenoxy) is 2. The van der Waals surface area contributed by atoms with Gasteiger partial charge in [-0.2, -0.15) is 30.6 Å². The molecular formula is C29H31F7N2O5S. The minimum absolute atomic E-state index is 0.0108. The second-order valence-electron chi connectivity index (χ2n) is 11.2. The average Bonchev–Trinajstić information content (AvgIpc) is 3.19. The first-order valence-electron chi connectivity index (χ1n) is 13.5. The summed E-state index contributed by atoms with van der Waals surface area (Å²) in [5.74, 6) is -0.552. The molecule has 1 saturated heterocycles. The van der Waals surface area contributed by atoms with Gasteiger partial charge >= 0.3 is 18.4 Å². The highest BCUT2D eigenvalue weighted by molar-refractivity contribution is 7.88. The SMILES string of the molecule is COc1cc(F)c(C(C)C)cc1C1=C(CN2C(=O)O[C@H](c3cc(C(F)(F)F)cc(C(F)(F)F)c3)[C@@H]2C)CN(S(C)(=O)=O)CC1. The van der Waals surface area contributed by atoms with Crippen LogP contribution in [0, 0.1) is 5.82 Å². The van der Waals surface area contributed by atoms with Gasteiger partial charge in [-0.05, 0) is 65.8 Å². The third-order valence-corrected chi connectivity index (χ3v) is 9.08. The van der Waals surface area contributed by atoms with Crippen LogP contribution in [0.2, 0.25) is 0 Å². The molecule has 1 fully saturated rings. The van der Waals surface area contributed by atoms with Crippen molar-refractivity contribution in [1.82, 2.24) is 9.21 Å². The number of carbonyl (C=O) groups excluding carboxylic acids is 1. The largest absolute Gasteiger partial charge is 0.496 e. The smallest absolute Gasteiger partial charge is 0.416 e. The van der Waals surface area contributed by atoms with Gasteiger partial charge in [0, 0.05) is 31.3 Å². The van der Waals surface area contributed by atoms with E-state index in [1.807, 2.05) is 0 Å². The van der Waals surface area contributed by atoms with E-state index in [1.165, 1.54) is 24.4 Å². The molecule has 15 heteroatoms. The van der Waals surface area contributed by atoms with Gasteiger partial charge in [0.2, 0.25) is 10.0 Å². The van der Waals surface area contributed by atoms with Crippen LogP contribution in [-0.2, 0) is 27.1 Å². The van der Waals surface area contributed by atoms with Crippen molar-refractivity contribution >= 4 is 21.7 Å². The van der Waals surface area contributed by atoms with Crippen LogP contribution in [-0.4, -0.2) is 62.8 Å². The maximum atomic E-state index is 14.8. The van der Waals surface area contributed by atoms with Gasteiger partial charge in [0.25, 0.3) is 0 Å². The Balaban J connectivity index is 1.79. The monoisotopic (exact) mass is 652 g/mol. The Bertz CT molecular complexity index is 1550. The van der Waals surface area contributed by atoms with Gasteiger partial charge in [-0.15, -0.1) is 0 Å². The average molecular weight is 653 g/mol. The Labute approximate surface area is 250 Å². The van der Waals surface area contributed by atoms with Crippen molar-refractivity contribution in [3.05, 3.63) is 69.5 Å². The van der Waals surface area contributed by atoms with Crippen molar-refractivity contribution < 1.29 is 53.4 Å². The van der Waals surface area contributed by atoms with Gasteiger partial charge in [-0.3, -0.25) is 4.90 Å². The molecule has 2 aromatic rings. The Hall–Kier alpha value is -3.33. The van der Waals surface area contributed by atoms with E-state index in [0.717, 1.165) is 11.2 Å². The highest BCUT2D eigenvalue weighted by Crippen LogP contribution is 2.42. The molecule has 2 atom stereocenters. The molecule has 0 aliphatic carbocycles. The molecule has 0 unspecified atom stereocenters. The van der Waals surface area contributed by atoms with Crippen LogP contribution in [0.4, 0.5) is 35.5 Å². The highest BCUT2D eigenvalue weighted by atomic mass is 32.2. The fourth-order valence-electron chi connectivity index (χ4n) is 5.48. The number of nitrogens with zero attached hydrogens (tertiary/aromatic N) is 2. The topological polar surface area (TPSA) is 76.2 Å². The Morgan fingerprint density at radius 3 is 2.11 bits per heavy atom. The number of hydrogen-bond acceptors (Lipinski definition) is 5. The van der Waals surface area contributed by atoms with E-state index in [1.54, 1.807) is 19.9 Å². The second kappa shape index (κ2) is 11.9. The normalized spacial score (nSPS) is 20.5. The number of alkyl halides is 6. The first kappa shape index (κ1) is 33.6. The summed E-state index contributed by atoms with van der Waals surface area (Å²) in [6, 6.07) is 2.79. The van der Waals surface area contributed by atoms with Crippen molar-refractivity contribution in [3.8, 4) is 5.75 Å². The van der Waals surface area contributed by atoms with Gasteiger partial charge < -0.3 is 9.47 Å². The summed E-state index contributed by atoms with van der Waals surface area (Å²) >= 11 is 0. The molecule has 242 valence electrons. The number of sulfonamides is 1. The molecule has 2 aliphatic rings. The summed E-state index contributed by atoms with van der Waals surface area (Å²) in [5.41, 5.74) is -1.75. The first-order valence-corrected chi connectivity index (χ1v) is 15.4. The van der Waals surface area contributed by atoms with Crippen molar-refractivity contribution in [2.45, 2.75) is 57.6 Å². The zero-order valence-electron chi connectivity index (χ0n) is 24.4. The van der Waals surface area contributed by atoms with Crippen molar-refractivity contribution in [2.24, 2.45) is 0 Å². The van der Waals surface area contributed by atoms with E-state index < -0.39 is 63.1 Å². The summed E-state index contributed by atoms with van der Waals surface area (Å²) in [6.45, 7) is 4.62. The van der Waals surface area contributed by atoms with Crippen molar-refractivity contribution in [3.63, 3.8) is 0 Å². The van der Waals surface area contributed by atoms with Crippen LogP contribution in [0.1, 0.15) is 67.0 Å². The predicted octanol–water partition coefficient (Wildman–Crippen LogP) is 7.00. The molecule has 2 aromatic carbocycles. The molecule has 0 spiro atoms. The quantitative estimate of drug-likeness (QED) is 0.302. The number of amides is 1. The molecule has 4 rings (SSSR count). The molecule has 1 amide bonds. The van der Waals surface area contributed by atoms with Crippen molar-refractivity contribution in [1.29, 1.82) is 0 Å². The molecule has 0 saturated carbocycles. The summed E-state index contributed by atoms with van der Waals surface area (Å²) in [4.78, 5) is 14.2. The fraction of sp³-hybridized carbons (Fsp3) is 0.483. The zero-order chi connectivity index (χ0) is 32.9. The fourth-order valence-corrected chi connectivity index (χ4v) is 6.29. The van der Waals surface area contributed by atoms with Crippen LogP contribution in [0.15, 0.2) is 35.9 Å². The summed E-state index contributed by atoms with van der Waals surface area (Å²) in [5, 5.41) is 0. The Morgan fingerprint density at radius 2 is 1.61 bits per heavy atom. The Kier molecular flexibility index (Phi) is 9.06. The third kappa shape index (κ3) is 6.82. The van der Waals surface area contributed by atoms with E-state index in [4.69, 9.17) is 9.47 Å². The lowest BCUT2D eigenvalue weighted by molar-refractivity contribution is -0.143. The van der Waals surface area contributed by atoms with Gasteiger partial charge in [0.05, 0.1) is 30.5 Å². The molecule has 0 bridgehead atoms. The lowest BCUT2D eigenvalue weighted by Gasteiger charge is -2.32. The predicted molar refractivity (Wildman–Crippen MR) is 147 cm³/mol. The number of hydrogen-bond donors (Lipinski definition) is 0. The third-order valence-electron chi connectivity index (χ3n) is 7.83. The van der Waals surface area contributed by atoms with Gasteiger partial charge in [0.1, 0.15) is 17.7 Å². The number of halogens is 7. The molecule has 0 aromatic heterocycles. The molecular weight excluding hydrogens is 621 g/mol. The van der Waals surface area contributed by atoms with Crippen LogP contribution < -0.4 is 4.74 Å². The van der Waals surface area contributed by atoms with Crippen LogP contribution in [0.5, 0.6) is 5.75 Å². The lowest BCUT2D eigenvalue weighted by Crippen LogP contribution is -2.41. The van der Waals surface area contributed by atoms with E-state index >= 15 is 0 Å². The van der Waals surface area contributed by atoms with Gasteiger partial charge in [-0.1, -0.05) is 13.8 Å². The maximum Gasteiger partial charge on any atom is 0.416 e.